The van der Waals surface area contributed by atoms with E-state index < -0.39 is 0 Å². The molecule has 90 valence electrons. The Bertz CT molecular complexity index is 492. The molecule has 0 radical (unpaired) electrons. The van der Waals surface area contributed by atoms with Gasteiger partial charge in [-0.1, -0.05) is 72.8 Å². The minimum absolute atomic E-state index is 1.25. The van der Waals surface area contributed by atoms with Gasteiger partial charge in [0.15, 0.2) is 0 Å². The first-order chi connectivity index (χ1) is 8.75. The molecule has 0 spiro atoms. The highest BCUT2D eigenvalue weighted by Crippen LogP contribution is 2.16. The zero-order valence-corrected chi connectivity index (χ0v) is 10.9. The van der Waals surface area contributed by atoms with E-state index in [1.54, 1.807) is 0 Å². The van der Waals surface area contributed by atoms with Crippen LogP contribution >= 0.6 is 0 Å². The van der Waals surface area contributed by atoms with E-state index in [-0.39, 0.29) is 0 Å². The summed E-state index contributed by atoms with van der Waals surface area (Å²) in [6.45, 7) is 4.31. The lowest BCUT2D eigenvalue weighted by molar-refractivity contribution is 1.38. The van der Waals surface area contributed by atoms with Gasteiger partial charge in [-0.3, -0.25) is 0 Å². The molecule has 2 rings (SSSR count). The Balaban J connectivity index is 2.21. The Morgan fingerprint density at radius 3 is 1.28 bits per heavy atom. The van der Waals surface area contributed by atoms with Crippen LogP contribution in [0.1, 0.15) is 25.0 Å². The van der Waals surface area contributed by atoms with Gasteiger partial charge in [0.2, 0.25) is 0 Å². The first kappa shape index (κ1) is 12.4. The largest absolute Gasteiger partial charge is 0.0622 e. The fourth-order valence-electron chi connectivity index (χ4n) is 1.83. The van der Waals surface area contributed by atoms with Crippen molar-refractivity contribution in [2.24, 2.45) is 0 Å². The molecule has 2 aromatic rings. The van der Waals surface area contributed by atoms with Gasteiger partial charge in [-0.25, -0.2) is 0 Å². The molecule has 0 amide bonds. The second-order valence-electron chi connectivity index (χ2n) is 4.48. The molecule has 0 bridgehead atoms. The lowest BCUT2D eigenvalue weighted by Gasteiger charge is -2.03. The van der Waals surface area contributed by atoms with Crippen molar-refractivity contribution in [1.82, 2.24) is 0 Å². The van der Waals surface area contributed by atoms with Crippen LogP contribution in [0.2, 0.25) is 0 Å². The van der Waals surface area contributed by atoms with Crippen molar-refractivity contribution in [1.29, 1.82) is 0 Å². The van der Waals surface area contributed by atoms with E-state index in [4.69, 9.17) is 0 Å². The second kappa shape index (κ2) is 6.02. The molecule has 0 saturated carbocycles. The third-order valence-corrected chi connectivity index (χ3v) is 2.99. The molecular formula is C18H18. The van der Waals surface area contributed by atoms with Crippen molar-refractivity contribution in [3.63, 3.8) is 0 Å². The van der Waals surface area contributed by atoms with Crippen LogP contribution in [0.15, 0.2) is 71.8 Å². The average molecular weight is 234 g/mol. The van der Waals surface area contributed by atoms with Crippen LogP contribution in [0.3, 0.4) is 0 Å². The van der Waals surface area contributed by atoms with Gasteiger partial charge in [0, 0.05) is 0 Å². The van der Waals surface area contributed by atoms with Crippen LogP contribution in [0.5, 0.6) is 0 Å². The van der Waals surface area contributed by atoms with Crippen molar-refractivity contribution in [3.05, 3.63) is 82.9 Å². The molecule has 0 fully saturated rings. The monoisotopic (exact) mass is 234 g/mol. The topological polar surface area (TPSA) is 0 Å². The maximum absolute atomic E-state index is 2.22. The van der Waals surface area contributed by atoms with Gasteiger partial charge in [-0.15, -0.1) is 0 Å². The summed E-state index contributed by atoms with van der Waals surface area (Å²) in [6.07, 6.45) is 4.43. The van der Waals surface area contributed by atoms with E-state index in [9.17, 15) is 0 Å². The fraction of sp³-hybridized carbons (Fsp3) is 0.111. The van der Waals surface area contributed by atoms with Crippen molar-refractivity contribution < 1.29 is 0 Å². The zero-order valence-electron chi connectivity index (χ0n) is 10.9. The quantitative estimate of drug-likeness (QED) is 0.641. The molecule has 0 aliphatic carbocycles. The molecule has 0 aromatic heterocycles. The maximum Gasteiger partial charge on any atom is -0.0254 e. The fourth-order valence-corrected chi connectivity index (χ4v) is 1.83. The summed E-state index contributed by atoms with van der Waals surface area (Å²) in [7, 11) is 0. The third-order valence-electron chi connectivity index (χ3n) is 2.99. The Morgan fingerprint density at radius 2 is 0.944 bits per heavy atom. The first-order valence-corrected chi connectivity index (χ1v) is 6.23. The smallest absolute Gasteiger partial charge is 0.0254 e. The van der Waals surface area contributed by atoms with E-state index in [0.29, 0.717) is 0 Å². The molecule has 0 aliphatic heterocycles. The van der Waals surface area contributed by atoms with Crippen LogP contribution < -0.4 is 0 Å². The standard InChI is InChI=1S/C18H18/c1-15(13-17-9-5-3-6-10-17)16(2)14-18-11-7-4-8-12-18/h3-14H,1-2H3/b15-13+,16-14+. The van der Waals surface area contributed by atoms with E-state index in [1.807, 2.05) is 12.1 Å². The van der Waals surface area contributed by atoms with Crippen molar-refractivity contribution >= 4 is 12.2 Å². The maximum atomic E-state index is 2.22. The molecule has 0 heterocycles. The Kier molecular flexibility index (Phi) is 4.14. The van der Waals surface area contributed by atoms with Crippen molar-refractivity contribution in [3.8, 4) is 0 Å². The molecular weight excluding hydrogens is 216 g/mol. The Morgan fingerprint density at radius 1 is 0.611 bits per heavy atom. The van der Waals surface area contributed by atoms with Crippen molar-refractivity contribution in [2.45, 2.75) is 13.8 Å². The number of rotatable bonds is 3. The van der Waals surface area contributed by atoms with Gasteiger partial charge in [-0.05, 0) is 36.1 Å². The lowest BCUT2D eigenvalue weighted by Crippen LogP contribution is -1.81. The normalized spacial score (nSPS) is 12.6. The van der Waals surface area contributed by atoms with E-state index >= 15 is 0 Å². The molecule has 0 saturated heterocycles. The van der Waals surface area contributed by atoms with Crippen LogP contribution in [-0.2, 0) is 0 Å². The van der Waals surface area contributed by atoms with Gasteiger partial charge in [0.25, 0.3) is 0 Å². The SMILES string of the molecule is CC(=C\c1ccccc1)/C(C)=C/c1ccccc1. The summed E-state index contributed by atoms with van der Waals surface area (Å²) in [6, 6.07) is 20.8. The summed E-state index contributed by atoms with van der Waals surface area (Å²) in [4.78, 5) is 0. The summed E-state index contributed by atoms with van der Waals surface area (Å²) < 4.78 is 0. The molecule has 0 N–H and O–H groups in total. The Labute approximate surface area is 109 Å². The molecule has 2 aromatic carbocycles. The van der Waals surface area contributed by atoms with Gasteiger partial charge in [0.05, 0.1) is 0 Å². The minimum Gasteiger partial charge on any atom is -0.0622 e. The van der Waals surface area contributed by atoms with E-state index in [1.165, 1.54) is 22.3 Å². The molecule has 0 aliphatic rings. The minimum atomic E-state index is 1.25. The van der Waals surface area contributed by atoms with Crippen LogP contribution in [0.25, 0.3) is 12.2 Å². The number of hydrogen-bond acceptors (Lipinski definition) is 0. The highest BCUT2D eigenvalue weighted by atomic mass is 14.0. The van der Waals surface area contributed by atoms with Crippen LogP contribution in [0, 0.1) is 0 Å². The zero-order chi connectivity index (χ0) is 12.8. The highest BCUT2D eigenvalue weighted by molar-refractivity contribution is 5.64. The summed E-state index contributed by atoms with van der Waals surface area (Å²) >= 11 is 0. The Hall–Kier alpha value is -2.08. The van der Waals surface area contributed by atoms with E-state index in [2.05, 4.69) is 74.5 Å². The van der Waals surface area contributed by atoms with Crippen LogP contribution in [0.4, 0.5) is 0 Å². The molecule has 0 nitrogen and oxygen atoms in total. The molecule has 0 heteroatoms. The van der Waals surface area contributed by atoms with Crippen molar-refractivity contribution in [2.75, 3.05) is 0 Å². The predicted molar refractivity (Wildman–Crippen MR) is 80.2 cm³/mol. The third kappa shape index (κ3) is 3.46. The van der Waals surface area contributed by atoms with E-state index in [0.717, 1.165) is 0 Å². The molecule has 0 unspecified atom stereocenters. The second-order valence-corrected chi connectivity index (χ2v) is 4.48. The van der Waals surface area contributed by atoms with Crippen LogP contribution in [-0.4, -0.2) is 0 Å². The summed E-state index contributed by atoms with van der Waals surface area (Å²) in [5.41, 5.74) is 5.08. The molecule has 0 atom stereocenters. The summed E-state index contributed by atoms with van der Waals surface area (Å²) in [5.74, 6) is 0. The number of allylic oxidation sites excluding steroid dienone is 2. The highest BCUT2D eigenvalue weighted by Gasteiger charge is 1.95. The first-order valence-electron chi connectivity index (χ1n) is 6.23. The van der Waals surface area contributed by atoms with Gasteiger partial charge in [-0.2, -0.15) is 0 Å². The van der Waals surface area contributed by atoms with Gasteiger partial charge >= 0.3 is 0 Å². The average Bonchev–Trinajstić information content (AvgIpc) is 2.41. The summed E-state index contributed by atoms with van der Waals surface area (Å²) in [5, 5.41) is 0. The molecule has 18 heavy (non-hydrogen) atoms. The number of hydrogen-bond donors (Lipinski definition) is 0. The van der Waals surface area contributed by atoms with Gasteiger partial charge < -0.3 is 0 Å². The lowest BCUT2D eigenvalue weighted by atomic mass is 10.0. The predicted octanol–water partition coefficient (Wildman–Crippen LogP) is 5.19. The van der Waals surface area contributed by atoms with Gasteiger partial charge in [0.1, 0.15) is 0 Å². The number of benzene rings is 2.